The molecule has 13 heavy (non-hydrogen) atoms. The molecule has 3 heteroatoms. The van der Waals surface area contributed by atoms with E-state index in [1.165, 1.54) is 0 Å². The molecule has 1 aromatic carbocycles. The number of rotatable bonds is 4. The Balaban J connectivity index is 2.85. The maximum atomic E-state index is 5.96. The van der Waals surface area contributed by atoms with Crippen LogP contribution in [0.3, 0.4) is 0 Å². The quantitative estimate of drug-likeness (QED) is 0.802. The van der Waals surface area contributed by atoms with Crippen molar-refractivity contribution in [3.05, 3.63) is 28.8 Å². The third kappa shape index (κ3) is 2.61. The van der Waals surface area contributed by atoms with Crippen molar-refractivity contribution >= 4 is 11.6 Å². The van der Waals surface area contributed by atoms with E-state index in [9.17, 15) is 0 Å². The van der Waals surface area contributed by atoms with Crippen LogP contribution in [-0.4, -0.2) is 20.7 Å². The van der Waals surface area contributed by atoms with Crippen LogP contribution >= 0.6 is 11.6 Å². The van der Waals surface area contributed by atoms with E-state index >= 15 is 0 Å². The minimum Gasteiger partial charge on any atom is -0.495 e. The molecule has 0 atom stereocenters. The van der Waals surface area contributed by atoms with E-state index in [0.29, 0.717) is 5.02 Å². The summed E-state index contributed by atoms with van der Waals surface area (Å²) >= 11 is 5.96. The zero-order valence-electron chi connectivity index (χ0n) is 7.93. The monoisotopic (exact) mass is 199 g/mol. The molecular weight excluding hydrogens is 186 g/mol. The second-order valence-corrected chi connectivity index (χ2v) is 3.19. The summed E-state index contributed by atoms with van der Waals surface area (Å²) in [7, 11) is 3.57. The summed E-state index contributed by atoms with van der Waals surface area (Å²) in [5.41, 5.74) is 1.14. The first-order chi connectivity index (χ1) is 6.29. The van der Waals surface area contributed by atoms with Gasteiger partial charge in [0, 0.05) is 0 Å². The van der Waals surface area contributed by atoms with Crippen molar-refractivity contribution < 1.29 is 4.74 Å². The molecule has 2 nitrogen and oxygen atoms in total. The van der Waals surface area contributed by atoms with Gasteiger partial charge in [0.2, 0.25) is 0 Å². The van der Waals surface area contributed by atoms with E-state index in [0.717, 1.165) is 24.3 Å². The number of methoxy groups -OCH3 is 1. The van der Waals surface area contributed by atoms with E-state index in [2.05, 4.69) is 5.32 Å². The van der Waals surface area contributed by atoms with Crippen LogP contribution in [0.4, 0.5) is 0 Å². The molecule has 0 spiro atoms. The lowest BCUT2D eigenvalue weighted by Crippen LogP contribution is -2.10. The van der Waals surface area contributed by atoms with Crippen LogP contribution in [0.2, 0.25) is 5.02 Å². The fourth-order valence-corrected chi connectivity index (χ4v) is 1.51. The van der Waals surface area contributed by atoms with Crippen molar-refractivity contribution in [3.8, 4) is 5.75 Å². The van der Waals surface area contributed by atoms with Gasteiger partial charge < -0.3 is 10.1 Å². The Morgan fingerprint density at radius 2 is 2.23 bits per heavy atom. The molecule has 0 bridgehead atoms. The average molecular weight is 200 g/mol. The molecule has 0 amide bonds. The van der Waals surface area contributed by atoms with E-state index in [1.54, 1.807) is 7.11 Å². The number of ether oxygens (including phenoxy) is 1. The first kappa shape index (κ1) is 10.4. The summed E-state index contributed by atoms with van der Waals surface area (Å²) < 4.78 is 5.21. The maximum Gasteiger partial charge on any atom is 0.140 e. The molecule has 0 saturated carbocycles. The molecule has 1 aromatic rings. The van der Waals surface area contributed by atoms with Gasteiger partial charge in [-0.3, -0.25) is 0 Å². The van der Waals surface area contributed by atoms with Crippen LogP contribution in [0.1, 0.15) is 5.56 Å². The molecule has 72 valence electrons. The Hall–Kier alpha value is -0.730. The molecule has 0 radical (unpaired) electrons. The van der Waals surface area contributed by atoms with Crippen molar-refractivity contribution in [3.63, 3.8) is 0 Å². The molecule has 0 unspecified atom stereocenters. The van der Waals surface area contributed by atoms with Gasteiger partial charge >= 0.3 is 0 Å². The molecule has 0 aliphatic rings. The molecule has 0 aliphatic carbocycles. The number of para-hydroxylation sites is 1. The Morgan fingerprint density at radius 3 is 2.85 bits per heavy atom. The lowest BCUT2D eigenvalue weighted by Gasteiger charge is -2.09. The minimum atomic E-state index is 0.677. The number of hydrogen-bond acceptors (Lipinski definition) is 2. The van der Waals surface area contributed by atoms with Crippen molar-refractivity contribution in [1.82, 2.24) is 5.32 Å². The van der Waals surface area contributed by atoms with Crippen LogP contribution in [0.5, 0.6) is 5.75 Å². The number of likely N-dealkylation sites (N-methyl/N-ethyl adjacent to an activating group) is 1. The number of benzene rings is 1. The van der Waals surface area contributed by atoms with Gasteiger partial charge in [0.05, 0.1) is 12.1 Å². The van der Waals surface area contributed by atoms with Gasteiger partial charge in [0.25, 0.3) is 0 Å². The molecule has 0 fully saturated rings. The second kappa shape index (κ2) is 5.10. The highest BCUT2D eigenvalue weighted by Crippen LogP contribution is 2.28. The lowest BCUT2D eigenvalue weighted by atomic mass is 10.1. The normalized spacial score (nSPS) is 10.1. The largest absolute Gasteiger partial charge is 0.495 e. The third-order valence-electron chi connectivity index (χ3n) is 1.90. The number of hydrogen-bond donors (Lipinski definition) is 1. The highest BCUT2D eigenvalue weighted by Gasteiger charge is 2.05. The smallest absolute Gasteiger partial charge is 0.140 e. The summed E-state index contributed by atoms with van der Waals surface area (Å²) in [6, 6.07) is 5.81. The highest BCUT2D eigenvalue weighted by molar-refractivity contribution is 6.32. The zero-order valence-corrected chi connectivity index (χ0v) is 8.69. The van der Waals surface area contributed by atoms with E-state index in [-0.39, 0.29) is 0 Å². The molecule has 1 N–H and O–H groups in total. The van der Waals surface area contributed by atoms with E-state index in [1.807, 2.05) is 25.2 Å². The van der Waals surface area contributed by atoms with E-state index in [4.69, 9.17) is 16.3 Å². The fraction of sp³-hybridized carbons (Fsp3) is 0.400. The number of nitrogens with one attached hydrogen (secondary N) is 1. The van der Waals surface area contributed by atoms with Gasteiger partial charge in [-0.05, 0) is 31.6 Å². The molecule has 0 heterocycles. The predicted octanol–water partition coefficient (Wildman–Crippen LogP) is 2.11. The Morgan fingerprint density at radius 1 is 1.46 bits per heavy atom. The van der Waals surface area contributed by atoms with E-state index < -0.39 is 0 Å². The molecule has 1 rings (SSSR count). The van der Waals surface area contributed by atoms with Gasteiger partial charge in [-0.15, -0.1) is 0 Å². The van der Waals surface area contributed by atoms with Crippen molar-refractivity contribution in [2.24, 2.45) is 0 Å². The molecule has 0 saturated heterocycles. The third-order valence-corrected chi connectivity index (χ3v) is 2.19. The summed E-state index contributed by atoms with van der Waals surface area (Å²) in [6.45, 7) is 0.927. The van der Waals surface area contributed by atoms with Crippen molar-refractivity contribution in [2.75, 3.05) is 20.7 Å². The Kier molecular flexibility index (Phi) is 4.06. The van der Waals surface area contributed by atoms with Crippen LogP contribution < -0.4 is 10.1 Å². The second-order valence-electron chi connectivity index (χ2n) is 2.79. The molecule has 0 aliphatic heterocycles. The van der Waals surface area contributed by atoms with Crippen LogP contribution in [0.25, 0.3) is 0 Å². The highest BCUT2D eigenvalue weighted by atomic mass is 35.5. The van der Waals surface area contributed by atoms with Crippen LogP contribution in [0, 0.1) is 0 Å². The van der Waals surface area contributed by atoms with Crippen molar-refractivity contribution in [2.45, 2.75) is 6.42 Å². The minimum absolute atomic E-state index is 0.677. The average Bonchev–Trinajstić information content (AvgIpc) is 2.15. The summed E-state index contributed by atoms with van der Waals surface area (Å²) in [4.78, 5) is 0. The van der Waals surface area contributed by atoms with Gasteiger partial charge in [0.1, 0.15) is 5.75 Å². The first-order valence-electron chi connectivity index (χ1n) is 4.25. The Labute approximate surface area is 83.9 Å². The molecular formula is C10H14ClNO. The first-order valence-corrected chi connectivity index (χ1v) is 4.63. The van der Waals surface area contributed by atoms with Gasteiger partial charge in [0.15, 0.2) is 0 Å². The zero-order chi connectivity index (χ0) is 9.68. The lowest BCUT2D eigenvalue weighted by molar-refractivity contribution is 0.409. The van der Waals surface area contributed by atoms with Gasteiger partial charge in [-0.2, -0.15) is 0 Å². The maximum absolute atomic E-state index is 5.96. The topological polar surface area (TPSA) is 21.3 Å². The predicted molar refractivity (Wildman–Crippen MR) is 55.6 cm³/mol. The summed E-state index contributed by atoms with van der Waals surface area (Å²) in [5.74, 6) is 0.791. The summed E-state index contributed by atoms with van der Waals surface area (Å²) in [6.07, 6.45) is 0.931. The SMILES string of the molecule is CNCCc1cccc(Cl)c1OC. The van der Waals surface area contributed by atoms with Gasteiger partial charge in [-0.25, -0.2) is 0 Å². The number of halogens is 1. The van der Waals surface area contributed by atoms with Crippen LogP contribution in [0.15, 0.2) is 18.2 Å². The van der Waals surface area contributed by atoms with Gasteiger partial charge in [-0.1, -0.05) is 23.7 Å². The Bertz CT molecular complexity index is 276. The fourth-order valence-electron chi connectivity index (χ4n) is 1.24. The summed E-state index contributed by atoms with van der Waals surface area (Å²) in [5, 5.41) is 3.77. The molecule has 0 aromatic heterocycles. The van der Waals surface area contributed by atoms with Crippen LogP contribution in [-0.2, 0) is 6.42 Å². The van der Waals surface area contributed by atoms with Crippen molar-refractivity contribution in [1.29, 1.82) is 0 Å². The standard InChI is InChI=1S/C10H14ClNO/c1-12-7-6-8-4-3-5-9(11)10(8)13-2/h3-5,12H,6-7H2,1-2H3.